The lowest BCUT2D eigenvalue weighted by Crippen LogP contribution is -2.13. The molecule has 0 fully saturated rings. The molecule has 4 aromatic rings. The highest BCUT2D eigenvalue weighted by atomic mass is 79.9. The third-order valence-electron chi connectivity index (χ3n) is 3.67. The van der Waals surface area contributed by atoms with Crippen molar-refractivity contribution >= 4 is 60.3 Å². The number of aromatic nitrogens is 3. The Bertz CT molecular complexity index is 1140. The molecule has 0 spiro atoms. The van der Waals surface area contributed by atoms with Crippen molar-refractivity contribution in [1.82, 2.24) is 15.2 Å². The Morgan fingerprint density at radius 3 is 3.00 bits per heavy atom. The van der Waals surface area contributed by atoms with Crippen LogP contribution in [0.4, 0.5) is 5.13 Å². The number of ether oxygens (including phenoxy) is 1. The average molecular weight is 477 g/mol. The number of nitrogens with zero attached hydrogens (tertiary/aromatic N) is 3. The molecule has 1 N–H and O–H groups in total. The normalized spacial score (nSPS) is 10.9. The van der Waals surface area contributed by atoms with Crippen LogP contribution in [0, 0.1) is 0 Å². The number of benzene rings is 2. The first kappa shape index (κ1) is 18.9. The van der Waals surface area contributed by atoms with Gasteiger partial charge in [-0.3, -0.25) is 4.79 Å². The Labute approximate surface area is 176 Å². The third-order valence-corrected chi connectivity index (χ3v) is 5.91. The molecule has 28 heavy (non-hydrogen) atoms. The fourth-order valence-electron chi connectivity index (χ4n) is 2.43. The van der Waals surface area contributed by atoms with Gasteiger partial charge in [-0.1, -0.05) is 51.2 Å². The lowest BCUT2D eigenvalue weighted by molar-refractivity contribution is -0.113. The molecule has 0 unspecified atom stereocenters. The molecule has 0 bridgehead atoms. The molecule has 7 nitrogen and oxygen atoms in total. The second kappa shape index (κ2) is 8.29. The van der Waals surface area contributed by atoms with Crippen molar-refractivity contribution in [1.29, 1.82) is 0 Å². The molecule has 1 amide bonds. The Balaban J connectivity index is 1.39. The molecular weight excluding hydrogens is 464 g/mol. The van der Waals surface area contributed by atoms with E-state index in [-0.39, 0.29) is 11.7 Å². The summed E-state index contributed by atoms with van der Waals surface area (Å²) in [7, 11) is 1.58. The van der Waals surface area contributed by atoms with E-state index in [1.807, 2.05) is 42.5 Å². The average Bonchev–Trinajstić information content (AvgIpc) is 3.32. The highest BCUT2D eigenvalue weighted by Crippen LogP contribution is 2.31. The molecular formula is C18H13BrN4O3S2. The van der Waals surface area contributed by atoms with Gasteiger partial charge >= 0.3 is 0 Å². The molecule has 0 atom stereocenters. The van der Waals surface area contributed by atoms with E-state index in [4.69, 9.17) is 9.15 Å². The molecule has 0 aliphatic carbocycles. The zero-order valence-electron chi connectivity index (χ0n) is 14.5. The number of fused-ring (bicyclic) bond motifs is 1. The Morgan fingerprint density at radius 2 is 2.14 bits per heavy atom. The van der Waals surface area contributed by atoms with Crippen LogP contribution in [0.5, 0.6) is 5.75 Å². The summed E-state index contributed by atoms with van der Waals surface area (Å²) < 4.78 is 12.9. The maximum atomic E-state index is 12.2. The number of hydrogen-bond acceptors (Lipinski definition) is 8. The van der Waals surface area contributed by atoms with Gasteiger partial charge in [-0.05, 0) is 30.3 Å². The molecule has 0 radical (unpaired) electrons. The predicted octanol–water partition coefficient (Wildman–Crippen LogP) is 4.85. The number of nitrogens with one attached hydrogen (secondary N) is 1. The highest BCUT2D eigenvalue weighted by molar-refractivity contribution is 9.10. The number of rotatable bonds is 6. The zero-order valence-corrected chi connectivity index (χ0v) is 17.7. The lowest BCUT2D eigenvalue weighted by atomic mass is 10.2. The van der Waals surface area contributed by atoms with Crippen LogP contribution < -0.4 is 10.1 Å². The van der Waals surface area contributed by atoms with Gasteiger partial charge in [-0.15, -0.1) is 10.2 Å². The molecule has 0 saturated heterocycles. The fraction of sp³-hybridized carbons (Fsp3) is 0.111. The van der Waals surface area contributed by atoms with E-state index in [0.717, 1.165) is 26.5 Å². The number of thioether (sulfide) groups is 1. The first-order valence-electron chi connectivity index (χ1n) is 8.08. The molecule has 2 heterocycles. The van der Waals surface area contributed by atoms with Crippen LogP contribution in [0.2, 0.25) is 0 Å². The molecule has 142 valence electrons. The van der Waals surface area contributed by atoms with Gasteiger partial charge in [-0.2, -0.15) is 0 Å². The quantitative estimate of drug-likeness (QED) is 0.397. The summed E-state index contributed by atoms with van der Waals surface area (Å²) in [6.45, 7) is 0. The summed E-state index contributed by atoms with van der Waals surface area (Å²) in [6.07, 6.45) is 0. The van der Waals surface area contributed by atoms with E-state index in [0.29, 0.717) is 27.6 Å². The summed E-state index contributed by atoms with van der Waals surface area (Å²) in [4.78, 5) is 16.6. The predicted molar refractivity (Wildman–Crippen MR) is 113 cm³/mol. The minimum atomic E-state index is -0.194. The number of thiazole rings is 1. The van der Waals surface area contributed by atoms with Crippen LogP contribution >= 0.6 is 39.0 Å². The van der Waals surface area contributed by atoms with Crippen molar-refractivity contribution in [2.45, 2.75) is 5.22 Å². The van der Waals surface area contributed by atoms with Crippen LogP contribution in [0.3, 0.4) is 0 Å². The minimum Gasteiger partial charge on any atom is -0.496 e. The molecule has 4 rings (SSSR count). The number of amides is 1. The van der Waals surface area contributed by atoms with Gasteiger partial charge in [0.05, 0.1) is 28.6 Å². The monoisotopic (exact) mass is 476 g/mol. The summed E-state index contributed by atoms with van der Waals surface area (Å²) in [5.74, 6) is 0.924. The van der Waals surface area contributed by atoms with Gasteiger partial charge < -0.3 is 14.5 Å². The van der Waals surface area contributed by atoms with Gasteiger partial charge in [0, 0.05) is 4.47 Å². The van der Waals surface area contributed by atoms with Crippen LogP contribution in [0.1, 0.15) is 0 Å². The third kappa shape index (κ3) is 4.18. The second-order valence-electron chi connectivity index (χ2n) is 5.54. The van der Waals surface area contributed by atoms with E-state index in [1.54, 1.807) is 7.11 Å². The Kier molecular flexibility index (Phi) is 5.60. The van der Waals surface area contributed by atoms with E-state index in [1.165, 1.54) is 11.3 Å². The van der Waals surface area contributed by atoms with E-state index in [9.17, 15) is 4.79 Å². The highest BCUT2D eigenvalue weighted by Gasteiger charge is 2.15. The summed E-state index contributed by atoms with van der Waals surface area (Å²) in [6, 6.07) is 13.2. The zero-order chi connectivity index (χ0) is 19.5. The summed E-state index contributed by atoms with van der Waals surface area (Å²) >= 11 is 6.01. The summed E-state index contributed by atoms with van der Waals surface area (Å²) in [5.41, 5.74) is 1.55. The number of para-hydroxylation sites is 1. The van der Waals surface area contributed by atoms with Crippen molar-refractivity contribution in [2.75, 3.05) is 18.2 Å². The van der Waals surface area contributed by atoms with Crippen molar-refractivity contribution in [3.8, 4) is 17.2 Å². The van der Waals surface area contributed by atoms with Gasteiger partial charge in [0.2, 0.25) is 5.91 Å². The number of carbonyl (C=O) groups is 1. The number of halogens is 1. The maximum absolute atomic E-state index is 12.2. The molecule has 0 aliphatic heterocycles. The first-order chi connectivity index (χ1) is 13.6. The number of carbonyl (C=O) groups excluding carboxylic acids is 1. The van der Waals surface area contributed by atoms with Crippen molar-refractivity contribution in [3.05, 3.63) is 46.9 Å². The minimum absolute atomic E-state index is 0.132. The standard InChI is InChI=1S/C18H13BrN4O3S2/c1-25-13-5-3-2-4-11(13)16-22-23-18(26-16)27-9-15(24)21-17-20-12-7-6-10(19)8-14(12)28-17/h2-8H,9H2,1H3,(H,20,21,24). The smallest absolute Gasteiger partial charge is 0.277 e. The van der Waals surface area contributed by atoms with Gasteiger partial charge in [0.1, 0.15) is 5.75 Å². The largest absolute Gasteiger partial charge is 0.496 e. The Morgan fingerprint density at radius 1 is 1.29 bits per heavy atom. The lowest BCUT2D eigenvalue weighted by Gasteiger charge is -2.03. The van der Waals surface area contributed by atoms with Crippen LogP contribution in [0.15, 0.2) is 56.6 Å². The maximum Gasteiger partial charge on any atom is 0.277 e. The van der Waals surface area contributed by atoms with Crippen LogP contribution in [0.25, 0.3) is 21.7 Å². The van der Waals surface area contributed by atoms with Gasteiger partial charge in [-0.25, -0.2) is 4.98 Å². The SMILES string of the molecule is COc1ccccc1-c1nnc(SCC(=O)Nc2nc3ccc(Br)cc3s2)o1. The van der Waals surface area contributed by atoms with Gasteiger partial charge in [0.25, 0.3) is 11.1 Å². The molecule has 0 aliphatic rings. The molecule has 0 saturated carbocycles. The van der Waals surface area contributed by atoms with E-state index in [2.05, 4.69) is 36.4 Å². The number of hydrogen-bond donors (Lipinski definition) is 1. The van der Waals surface area contributed by atoms with E-state index >= 15 is 0 Å². The van der Waals surface area contributed by atoms with Crippen LogP contribution in [-0.2, 0) is 4.79 Å². The summed E-state index contributed by atoms with van der Waals surface area (Å²) in [5, 5.41) is 11.7. The number of anilines is 1. The molecule has 2 aromatic carbocycles. The number of methoxy groups -OCH3 is 1. The molecule has 2 aromatic heterocycles. The van der Waals surface area contributed by atoms with Crippen molar-refractivity contribution in [2.24, 2.45) is 0 Å². The van der Waals surface area contributed by atoms with E-state index < -0.39 is 0 Å². The van der Waals surface area contributed by atoms with Crippen molar-refractivity contribution in [3.63, 3.8) is 0 Å². The second-order valence-corrected chi connectivity index (χ2v) is 8.41. The Hall–Kier alpha value is -2.43. The molecule has 10 heteroatoms. The fourth-order valence-corrected chi connectivity index (χ4v) is 4.43. The van der Waals surface area contributed by atoms with Crippen molar-refractivity contribution < 1.29 is 13.9 Å². The first-order valence-corrected chi connectivity index (χ1v) is 10.7. The van der Waals surface area contributed by atoms with Crippen LogP contribution in [-0.4, -0.2) is 34.0 Å². The van der Waals surface area contributed by atoms with Gasteiger partial charge in [0.15, 0.2) is 5.13 Å². The topological polar surface area (TPSA) is 90.1 Å².